The molecule has 0 unspecified atom stereocenters. The minimum atomic E-state index is -1.82. The lowest BCUT2D eigenvalue weighted by Crippen LogP contribution is -2.25. The van der Waals surface area contributed by atoms with E-state index in [0.29, 0.717) is 6.61 Å². The van der Waals surface area contributed by atoms with E-state index in [4.69, 9.17) is 24.5 Å². The molecule has 0 radical (unpaired) electrons. The van der Waals surface area contributed by atoms with Crippen LogP contribution in [0, 0.1) is 0 Å². The van der Waals surface area contributed by atoms with Crippen molar-refractivity contribution in [3.8, 4) is 0 Å². The number of hydrogen-bond acceptors (Lipinski definition) is 9. The first-order valence-electron chi connectivity index (χ1n) is 8.86. The van der Waals surface area contributed by atoms with Gasteiger partial charge in [-0.3, -0.25) is 4.79 Å². The molecule has 2 N–H and O–H groups in total. The van der Waals surface area contributed by atoms with E-state index < -0.39 is 11.9 Å². The fraction of sp³-hybridized carbons (Fsp3) is 0.316. The highest BCUT2D eigenvalue weighted by Crippen LogP contribution is 2.28. The summed E-state index contributed by atoms with van der Waals surface area (Å²) in [5.41, 5.74) is 3.09. The number of likely N-dealkylation sites (N-methyl/N-ethyl adjacent to an activating group) is 1. The number of nitrogens with zero attached hydrogens (tertiary/aromatic N) is 3. The van der Waals surface area contributed by atoms with E-state index in [0.717, 1.165) is 35.8 Å². The molecule has 0 saturated heterocycles. The third-order valence-corrected chi connectivity index (χ3v) is 5.44. The van der Waals surface area contributed by atoms with Crippen LogP contribution in [0.25, 0.3) is 5.57 Å². The number of rotatable bonds is 6. The number of carbonyl (C=O) groups excluding carboxylic acids is 1. The van der Waals surface area contributed by atoms with E-state index in [1.54, 1.807) is 0 Å². The molecule has 3 rings (SSSR count). The number of ether oxygens (including phenoxy) is 1. The largest absolute Gasteiger partial charge is 0.473 e. The average molecular weight is 452 g/mol. The summed E-state index contributed by atoms with van der Waals surface area (Å²) < 4.78 is 14.0. The van der Waals surface area contributed by atoms with Gasteiger partial charge in [0.25, 0.3) is 0 Å². The zero-order valence-electron chi connectivity index (χ0n) is 16.2. The molecule has 0 aliphatic carbocycles. The van der Waals surface area contributed by atoms with Crippen molar-refractivity contribution in [2.75, 3.05) is 25.9 Å². The lowest BCUT2D eigenvalue weighted by molar-refractivity contribution is -0.159. The van der Waals surface area contributed by atoms with Gasteiger partial charge in [0.1, 0.15) is 17.3 Å². The Kier molecular flexibility index (Phi) is 9.45. The molecule has 0 atom stereocenters. The smallest absolute Gasteiger partial charge is 0.414 e. The molecule has 1 aromatic heterocycles. The van der Waals surface area contributed by atoms with Crippen LogP contribution in [-0.2, 0) is 25.7 Å². The molecule has 1 aliphatic heterocycles. The Morgan fingerprint density at radius 1 is 1.17 bits per heavy atom. The summed E-state index contributed by atoms with van der Waals surface area (Å²) in [6, 6.07) is 9.68. The normalized spacial score (nSPS) is 13.6. The second kappa shape index (κ2) is 12.1. The Morgan fingerprint density at radius 3 is 2.50 bits per heavy atom. The van der Waals surface area contributed by atoms with Crippen molar-refractivity contribution >= 4 is 47.0 Å². The minimum absolute atomic E-state index is 0.238. The van der Waals surface area contributed by atoms with Crippen LogP contribution in [0.5, 0.6) is 0 Å². The monoisotopic (exact) mass is 451 g/mol. The molecule has 1 aromatic carbocycles. The number of carboxylic acid groups (broad SMARTS) is 2. The Hall–Kier alpha value is -2.76. The molecule has 30 heavy (non-hydrogen) atoms. The van der Waals surface area contributed by atoms with Crippen molar-refractivity contribution in [2.45, 2.75) is 18.1 Å². The quantitative estimate of drug-likeness (QED) is 0.383. The van der Waals surface area contributed by atoms with Crippen LogP contribution in [0.4, 0.5) is 0 Å². The SMILES string of the molecule is CN1CCC=C(c2nsnc2SCC(=O)OCc2ccccc2)C1.O=C(O)C(=O)O. The molecule has 11 heteroatoms. The van der Waals surface area contributed by atoms with E-state index in [-0.39, 0.29) is 11.7 Å². The molecule has 0 fully saturated rings. The van der Waals surface area contributed by atoms with E-state index in [9.17, 15) is 4.79 Å². The van der Waals surface area contributed by atoms with Gasteiger partial charge in [-0.1, -0.05) is 48.2 Å². The molecule has 0 amide bonds. The summed E-state index contributed by atoms with van der Waals surface area (Å²) in [7, 11) is 2.10. The van der Waals surface area contributed by atoms with Crippen LogP contribution < -0.4 is 0 Å². The number of carbonyl (C=O) groups is 3. The summed E-state index contributed by atoms with van der Waals surface area (Å²) in [6.45, 7) is 2.24. The zero-order chi connectivity index (χ0) is 21.9. The second-order valence-electron chi connectivity index (χ2n) is 6.22. The van der Waals surface area contributed by atoms with Crippen molar-refractivity contribution in [1.82, 2.24) is 13.6 Å². The topological polar surface area (TPSA) is 130 Å². The average Bonchev–Trinajstić information content (AvgIpc) is 3.20. The number of aliphatic carboxylic acids is 2. The molecule has 2 aromatic rings. The third kappa shape index (κ3) is 7.93. The molecule has 9 nitrogen and oxygen atoms in total. The maximum atomic E-state index is 11.9. The minimum Gasteiger partial charge on any atom is -0.473 e. The van der Waals surface area contributed by atoms with Crippen molar-refractivity contribution in [2.24, 2.45) is 0 Å². The fourth-order valence-electron chi connectivity index (χ4n) is 2.44. The molecule has 0 bridgehead atoms. The summed E-state index contributed by atoms with van der Waals surface area (Å²) >= 11 is 2.59. The lowest BCUT2D eigenvalue weighted by Gasteiger charge is -2.22. The number of esters is 1. The van der Waals surface area contributed by atoms with Crippen LogP contribution in [0.15, 0.2) is 41.4 Å². The highest BCUT2D eigenvalue weighted by Gasteiger charge is 2.18. The van der Waals surface area contributed by atoms with Gasteiger partial charge < -0.3 is 19.8 Å². The standard InChI is InChI=1S/C17H19N3O2S2.C2H2O4/c1-20-9-5-8-14(10-20)16-17(19-24-18-16)23-12-15(21)22-11-13-6-3-2-4-7-13;3-1(4)2(5)6/h2-4,6-8H,5,9-12H2,1H3;(H,3,4)(H,5,6). The van der Waals surface area contributed by atoms with E-state index in [2.05, 4.69) is 26.8 Å². The van der Waals surface area contributed by atoms with Crippen molar-refractivity contribution in [3.63, 3.8) is 0 Å². The van der Waals surface area contributed by atoms with Crippen LogP contribution in [0.3, 0.4) is 0 Å². The lowest BCUT2D eigenvalue weighted by atomic mass is 10.1. The van der Waals surface area contributed by atoms with Crippen molar-refractivity contribution < 1.29 is 29.3 Å². The summed E-state index contributed by atoms with van der Waals surface area (Å²) in [6.07, 6.45) is 3.24. The van der Waals surface area contributed by atoms with Gasteiger partial charge in [0, 0.05) is 13.1 Å². The molecule has 2 heterocycles. The summed E-state index contributed by atoms with van der Waals surface area (Å²) in [5, 5.41) is 15.6. The predicted octanol–water partition coefficient (Wildman–Crippen LogP) is 2.25. The van der Waals surface area contributed by atoms with Crippen molar-refractivity contribution in [3.05, 3.63) is 47.7 Å². The van der Waals surface area contributed by atoms with Crippen LogP contribution >= 0.6 is 23.5 Å². The van der Waals surface area contributed by atoms with Gasteiger partial charge >= 0.3 is 17.9 Å². The fourth-order valence-corrected chi connectivity index (χ4v) is 3.95. The van der Waals surface area contributed by atoms with Gasteiger partial charge in [-0.15, -0.1) is 0 Å². The molecular formula is C19H21N3O6S2. The zero-order valence-corrected chi connectivity index (χ0v) is 17.8. The molecule has 160 valence electrons. The third-order valence-electron chi connectivity index (χ3n) is 3.86. The number of benzene rings is 1. The van der Waals surface area contributed by atoms with Gasteiger partial charge in [0.15, 0.2) is 0 Å². The van der Waals surface area contributed by atoms with Gasteiger partial charge in [0.2, 0.25) is 0 Å². The van der Waals surface area contributed by atoms with Crippen LogP contribution in [0.2, 0.25) is 0 Å². The number of hydrogen-bond donors (Lipinski definition) is 2. The van der Waals surface area contributed by atoms with Gasteiger partial charge in [-0.2, -0.15) is 8.75 Å². The molecule has 0 spiro atoms. The summed E-state index contributed by atoms with van der Waals surface area (Å²) in [5.74, 6) is -3.64. The van der Waals surface area contributed by atoms with Gasteiger partial charge in [0.05, 0.1) is 17.5 Å². The first-order chi connectivity index (χ1) is 14.4. The Balaban J connectivity index is 0.000000469. The second-order valence-corrected chi connectivity index (χ2v) is 7.71. The molecular weight excluding hydrogens is 430 g/mol. The Morgan fingerprint density at radius 2 is 1.87 bits per heavy atom. The highest BCUT2D eigenvalue weighted by atomic mass is 32.2. The van der Waals surface area contributed by atoms with Crippen LogP contribution in [-0.4, -0.2) is 67.7 Å². The van der Waals surface area contributed by atoms with Gasteiger partial charge in [-0.05, 0) is 24.6 Å². The maximum Gasteiger partial charge on any atom is 0.414 e. The van der Waals surface area contributed by atoms with Gasteiger partial charge in [-0.25, -0.2) is 9.59 Å². The first kappa shape index (κ1) is 23.5. The van der Waals surface area contributed by atoms with E-state index in [1.165, 1.54) is 29.1 Å². The predicted molar refractivity (Wildman–Crippen MR) is 112 cm³/mol. The van der Waals surface area contributed by atoms with E-state index in [1.807, 2.05) is 30.3 Å². The molecule has 1 aliphatic rings. The van der Waals surface area contributed by atoms with Crippen LogP contribution in [0.1, 0.15) is 17.7 Å². The Bertz CT molecular complexity index is 889. The maximum absolute atomic E-state index is 11.9. The number of aromatic nitrogens is 2. The van der Waals surface area contributed by atoms with E-state index >= 15 is 0 Å². The number of thioether (sulfide) groups is 1. The first-order valence-corrected chi connectivity index (χ1v) is 10.6. The number of carboxylic acids is 2. The Labute approximate surface area is 181 Å². The van der Waals surface area contributed by atoms with Crippen molar-refractivity contribution in [1.29, 1.82) is 0 Å². The summed E-state index contributed by atoms with van der Waals surface area (Å²) in [4.78, 5) is 32.4. The highest BCUT2D eigenvalue weighted by molar-refractivity contribution is 8.00. The molecule has 0 saturated carbocycles.